The molecule has 0 aliphatic carbocycles. The van der Waals surface area contributed by atoms with Crippen LogP contribution in [0.1, 0.15) is 30.1 Å². The second-order valence-electron chi connectivity index (χ2n) is 6.30. The number of ether oxygens (including phenoxy) is 1. The molecule has 1 aliphatic heterocycles. The fourth-order valence-corrected chi connectivity index (χ4v) is 3.06. The molecule has 2 N–H and O–H groups in total. The quantitative estimate of drug-likeness (QED) is 0.938. The van der Waals surface area contributed by atoms with Gasteiger partial charge < -0.3 is 15.4 Å². The Balaban J connectivity index is 1.80. The number of nitrogens with zero attached hydrogens (tertiary/aromatic N) is 2. The zero-order chi connectivity index (χ0) is 16.9. The van der Waals surface area contributed by atoms with Gasteiger partial charge in [-0.15, -0.1) is 0 Å². The Bertz CT molecular complexity index is 688. The molecule has 2 heterocycles. The van der Waals surface area contributed by atoms with Crippen LogP contribution in [0.5, 0.6) is 11.5 Å². The van der Waals surface area contributed by atoms with Crippen molar-refractivity contribution in [1.29, 1.82) is 0 Å². The van der Waals surface area contributed by atoms with Crippen LogP contribution in [0.3, 0.4) is 0 Å². The van der Waals surface area contributed by atoms with Crippen molar-refractivity contribution in [3.63, 3.8) is 0 Å². The van der Waals surface area contributed by atoms with Crippen molar-refractivity contribution in [2.24, 2.45) is 11.7 Å². The number of carbonyl (C=O) groups is 1. The minimum atomic E-state index is -0.000148. The number of amides is 1. The average molecular weight is 325 g/mol. The molecule has 2 aromatic rings. The van der Waals surface area contributed by atoms with Gasteiger partial charge >= 0.3 is 0 Å². The van der Waals surface area contributed by atoms with E-state index in [1.807, 2.05) is 42.2 Å². The van der Waals surface area contributed by atoms with Gasteiger partial charge in [0.2, 0.25) is 0 Å². The first kappa shape index (κ1) is 16.5. The molecule has 1 aliphatic rings. The smallest absolute Gasteiger partial charge is 0.257 e. The number of piperidine rings is 1. The predicted octanol–water partition coefficient (Wildman–Crippen LogP) is 3.07. The molecule has 5 heteroatoms. The van der Waals surface area contributed by atoms with Crippen molar-refractivity contribution >= 4 is 5.91 Å². The van der Waals surface area contributed by atoms with Gasteiger partial charge in [-0.05, 0) is 49.9 Å². The molecule has 0 saturated carbocycles. The lowest BCUT2D eigenvalue weighted by Crippen LogP contribution is -2.45. The number of benzene rings is 1. The van der Waals surface area contributed by atoms with Crippen molar-refractivity contribution in [3.05, 3.63) is 54.4 Å². The predicted molar refractivity (Wildman–Crippen MR) is 93.0 cm³/mol. The van der Waals surface area contributed by atoms with Crippen LogP contribution in [0, 0.1) is 5.92 Å². The number of rotatable bonds is 4. The maximum Gasteiger partial charge on any atom is 0.257 e. The number of para-hydroxylation sites is 1. The number of hydrogen-bond acceptors (Lipinski definition) is 4. The Morgan fingerprint density at radius 2 is 2.17 bits per heavy atom. The van der Waals surface area contributed by atoms with Crippen LogP contribution in [0.15, 0.2) is 48.8 Å². The van der Waals surface area contributed by atoms with Crippen molar-refractivity contribution in [1.82, 2.24) is 9.88 Å². The van der Waals surface area contributed by atoms with Crippen LogP contribution in [-0.2, 0) is 0 Å². The van der Waals surface area contributed by atoms with Crippen LogP contribution >= 0.6 is 0 Å². The summed E-state index contributed by atoms with van der Waals surface area (Å²) >= 11 is 0. The zero-order valence-electron chi connectivity index (χ0n) is 13.9. The molecule has 126 valence electrons. The molecule has 0 spiro atoms. The van der Waals surface area contributed by atoms with E-state index in [-0.39, 0.29) is 11.9 Å². The highest BCUT2D eigenvalue weighted by Gasteiger charge is 2.27. The lowest BCUT2D eigenvalue weighted by atomic mass is 9.92. The first-order chi connectivity index (χ1) is 11.6. The normalized spacial score (nSPS) is 18.9. The van der Waals surface area contributed by atoms with Crippen molar-refractivity contribution < 1.29 is 9.53 Å². The Kier molecular flexibility index (Phi) is 5.11. The highest BCUT2D eigenvalue weighted by atomic mass is 16.5. The van der Waals surface area contributed by atoms with Crippen LogP contribution in [0.4, 0.5) is 0 Å². The van der Waals surface area contributed by atoms with E-state index in [0.717, 1.165) is 19.4 Å². The van der Waals surface area contributed by atoms with E-state index in [0.29, 0.717) is 29.5 Å². The zero-order valence-corrected chi connectivity index (χ0v) is 13.9. The van der Waals surface area contributed by atoms with E-state index in [2.05, 4.69) is 4.98 Å². The average Bonchev–Trinajstić information content (AvgIpc) is 2.62. The third kappa shape index (κ3) is 3.74. The number of nitrogens with two attached hydrogens (primary N) is 1. The summed E-state index contributed by atoms with van der Waals surface area (Å²) in [6.45, 7) is 3.49. The molecule has 1 aromatic heterocycles. The fourth-order valence-electron chi connectivity index (χ4n) is 3.06. The van der Waals surface area contributed by atoms with Gasteiger partial charge in [0.1, 0.15) is 11.5 Å². The third-order valence-corrected chi connectivity index (χ3v) is 4.47. The van der Waals surface area contributed by atoms with Crippen LogP contribution in [0.2, 0.25) is 0 Å². The van der Waals surface area contributed by atoms with E-state index in [1.54, 1.807) is 18.5 Å². The van der Waals surface area contributed by atoms with E-state index >= 15 is 0 Å². The van der Waals surface area contributed by atoms with E-state index in [4.69, 9.17) is 10.5 Å². The summed E-state index contributed by atoms with van der Waals surface area (Å²) in [7, 11) is 0. The van der Waals surface area contributed by atoms with Gasteiger partial charge in [-0.3, -0.25) is 9.78 Å². The van der Waals surface area contributed by atoms with Crippen molar-refractivity contribution in [2.45, 2.75) is 25.8 Å². The number of pyridine rings is 1. The minimum absolute atomic E-state index is 0.000148. The number of hydrogen-bond donors (Lipinski definition) is 1. The molecule has 1 saturated heterocycles. The molecule has 24 heavy (non-hydrogen) atoms. The van der Waals surface area contributed by atoms with Gasteiger partial charge in [0.05, 0.1) is 11.8 Å². The summed E-state index contributed by atoms with van der Waals surface area (Å²) in [6.07, 6.45) is 5.39. The summed E-state index contributed by atoms with van der Waals surface area (Å²) in [5, 5.41) is 0. The van der Waals surface area contributed by atoms with E-state index in [1.165, 1.54) is 0 Å². The van der Waals surface area contributed by atoms with Gasteiger partial charge in [0.15, 0.2) is 0 Å². The maximum absolute atomic E-state index is 13.0. The molecule has 1 fully saturated rings. The lowest BCUT2D eigenvalue weighted by Gasteiger charge is -2.34. The van der Waals surface area contributed by atoms with Crippen molar-refractivity contribution in [2.75, 3.05) is 13.1 Å². The first-order valence-electron chi connectivity index (χ1n) is 8.37. The highest BCUT2D eigenvalue weighted by Crippen LogP contribution is 2.27. The SMILES string of the molecule is C[C@H](N)[C@@H]1CCCN(C(=O)c2ccccc2Oc2cccnc2)C1. The Labute approximate surface area is 142 Å². The van der Waals surface area contributed by atoms with Gasteiger partial charge in [-0.1, -0.05) is 12.1 Å². The molecule has 0 unspecified atom stereocenters. The number of aromatic nitrogens is 1. The Morgan fingerprint density at radius 1 is 1.33 bits per heavy atom. The summed E-state index contributed by atoms with van der Waals surface area (Å²) in [4.78, 5) is 18.9. The van der Waals surface area contributed by atoms with E-state index in [9.17, 15) is 4.79 Å². The summed E-state index contributed by atoms with van der Waals surface area (Å²) in [6, 6.07) is 11.1. The summed E-state index contributed by atoms with van der Waals surface area (Å²) in [5.41, 5.74) is 6.61. The van der Waals surface area contributed by atoms with Gasteiger partial charge in [0, 0.05) is 25.3 Å². The van der Waals surface area contributed by atoms with Gasteiger partial charge in [-0.2, -0.15) is 0 Å². The molecule has 5 nitrogen and oxygen atoms in total. The maximum atomic E-state index is 13.0. The monoisotopic (exact) mass is 325 g/mol. The largest absolute Gasteiger partial charge is 0.455 e. The third-order valence-electron chi connectivity index (χ3n) is 4.47. The fraction of sp³-hybridized carbons (Fsp3) is 0.368. The Hall–Kier alpha value is -2.40. The van der Waals surface area contributed by atoms with E-state index < -0.39 is 0 Å². The van der Waals surface area contributed by atoms with Crippen LogP contribution < -0.4 is 10.5 Å². The summed E-state index contributed by atoms with van der Waals surface area (Å²) < 4.78 is 5.86. The van der Waals surface area contributed by atoms with Gasteiger partial charge in [0.25, 0.3) is 5.91 Å². The molecule has 2 atom stereocenters. The van der Waals surface area contributed by atoms with Gasteiger partial charge in [-0.25, -0.2) is 0 Å². The highest BCUT2D eigenvalue weighted by molar-refractivity contribution is 5.97. The summed E-state index contributed by atoms with van der Waals surface area (Å²) in [5.74, 6) is 1.53. The standard InChI is InChI=1S/C19H23N3O2/c1-14(20)15-6-5-11-22(13-15)19(23)17-8-2-3-9-18(17)24-16-7-4-10-21-12-16/h2-4,7-10,12,14-15H,5-6,11,13,20H2,1H3/t14-,15+/m0/s1. The molecule has 0 bridgehead atoms. The molecule has 0 radical (unpaired) electrons. The first-order valence-corrected chi connectivity index (χ1v) is 8.37. The van der Waals surface area contributed by atoms with Crippen LogP contribution in [-0.4, -0.2) is 34.9 Å². The number of carbonyl (C=O) groups excluding carboxylic acids is 1. The minimum Gasteiger partial charge on any atom is -0.455 e. The molecule has 1 aromatic carbocycles. The second kappa shape index (κ2) is 7.45. The molecule has 3 rings (SSSR count). The lowest BCUT2D eigenvalue weighted by molar-refractivity contribution is 0.0658. The second-order valence-corrected chi connectivity index (χ2v) is 6.30. The molecule has 1 amide bonds. The molecular formula is C19H23N3O2. The van der Waals surface area contributed by atoms with Crippen LogP contribution in [0.25, 0.3) is 0 Å². The Morgan fingerprint density at radius 3 is 2.92 bits per heavy atom. The topological polar surface area (TPSA) is 68.5 Å². The van der Waals surface area contributed by atoms with Crippen molar-refractivity contribution in [3.8, 4) is 11.5 Å². The number of likely N-dealkylation sites (tertiary alicyclic amines) is 1. The molecular weight excluding hydrogens is 302 g/mol.